The fourth-order valence-electron chi connectivity index (χ4n) is 3.09. The quantitative estimate of drug-likeness (QED) is 0.913. The third-order valence-corrected chi connectivity index (χ3v) is 4.14. The van der Waals surface area contributed by atoms with Crippen LogP contribution in [0.2, 0.25) is 0 Å². The van der Waals surface area contributed by atoms with Crippen molar-refractivity contribution >= 4 is 0 Å². The molecule has 0 bridgehead atoms. The van der Waals surface area contributed by atoms with Gasteiger partial charge in [0, 0.05) is 31.2 Å². The predicted octanol–water partition coefficient (Wildman–Crippen LogP) is 2.35. The summed E-state index contributed by atoms with van der Waals surface area (Å²) in [6, 6.07) is 0.529. The highest BCUT2D eigenvalue weighted by atomic mass is 15.1. The summed E-state index contributed by atoms with van der Waals surface area (Å²) in [4.78, 5) is 4.24. The highest BCUT2D eigenvalue weighted by molar-refractivity contribution is 5.30. The van der Waals surface area contributed by atoms with Crippen molar-refractivity contribution in [2.45, 2.75) is 45.3 Å². The second-order valence-electron chi connectivity index (χ2n) is 5.32. The van der Waals surface area contributed by atoms with Gasteiger partial charge in [0.25, 0.3) is 0 Å². The van der Waals surface area contributed by atoms with Gasteiger partial charge in [-0.05, 0) is 44.4 Å². The zero-order valence-electron chi connectivity index (χ0n) is 11.8. The van der Waals surface area contributed by atoms with E-state index in [1.807, 2.05) is 12.5 Å². The third kappa shape index (κ3) is 2.32. The monoisotopic (exact) mass is 258 g/mol. The van der Waals surface area contributed by atoms with E-state index in [4.69, 9.17) is 0 Å². The van der Waals surface area contributed by atoms with Crippen LogP contribution in [-0.2, 0) is 19.5 Å². The molecule has 0 aliphatic heterocycles. The molecule has 3 rings (SSSR count). The first-order valence-electron chi connectivity index (χ1n) is 7.16. The first-order valence-corrected chi connectivity index (χ1v) is 7.16. The van der Waals surface area contributed by atoms with Gasteiger partial charge in [-0.2, -0.15) is 0 Å². The first kappa shape index (κ1) is 12.5. The fraction of sp³-hybridized carbons (Fsp3) is 0.533. The average molecular weight is 258 g/mol. The number of aryl methyl sites for hydroxylation is 2. The maximum Gasteiger partial charge on any atom is 0.0948 e. The lowest BCUT2D eigenvalue weighted by Gasteiger charge is -2.21. The highest BCUT2D eigenvalue weighted by Gasteiger charge is 2.20. The third-order valence-electron chi connectivity index (χ3n) is 4.14. The van der Waals surface area contributed by atoms with Gasteiger partial charge in [0.1, 0.15) is 0 Å². The molecule has 2 aromatic heterocycles. The lowest BCUT2D eigenvalue weighted by Crippen LogP contribution is -2.20. The summed E-state index contributed by atoms with van der Waals surface area (Å²) in [5.74, 6) is 0. The largest absolute Gasteiger partial charge is 0.348 e. The molecule has 102 valence electrons. The van der Waals surface area contributed by atoms with Crippen molar-refractivity contribution in [2.75, 3.05) is 7.05 Å². The normalized spacial score (nSPS) is 18.5. The number of hydrogen-bond acceptors (Lipinski definition) is 2. The molecule has 1 unspecified atom stereocenters. The Morgan fingerprint density at radius 3 is 3.11 bits per heavy atom. The lowest BCUT2D eigenvalue weighted by molar-refractivity contribution is 0.498. The number of fused-ring (bicyclic) bond motifs is 1. The molecule has 0 amide bonds. The minimum atomic E-state index is 0.529. The Bertz CT molecular complexity index is 552. The molecule has 0 saturated heterocycles. The molecule has 19 heavy (non-hydrogen) atoms. The van der Waals surface area contributed by atoms with E-state index >= 15 is 0 Å². The van der Waals surface area contributed by atoms with Crippen LogP contribution in [0.5, 0.6) is 0 Å². The molecule has 0 fully saturated rings. The van der Waals surface area contributed by atoms with Crippen molar-refractivity contribution in [3.05, 3.63) is 41.7 Å². The molecule has 0 spiro atoms. The second kappa shape index (κ2) is 5.21. The van der Waals surface area contributed by atoms with Crippen LogP contribution >= 0.6 is 0 Å². The van der Waals surface area contributed by atoms with Crippen LogP contribution in [0.25, 0.3) is 0 Å². The van der Waals surface area contributed by atoms with Crippen LogP contribution in [-0.4, -0.2) is 21.2 Å². The van der Waals surface area contributed by atoms with E-state index in [0.717, 1.165) is 13.1 Å². The SMILES string of the molecule is CCn1cncc1Cn1cc2c(c1)C(NC)CCC2. The zero-order chi connectivity index (χ0) is 13.2. The maximum atomic E-state index is 4.24. The fourth-order valence-corrected chi connectivity index (χ4v) is 3.09. The smallest absolute Gasteiger partial charge is 0.0948 e. The number of aromatic nitrogens is 3. The number of rotatable bonds is 4. The average Bonchev–Trinajstić information content (AvgIpc) is 3.04. The maximum absolute atomic E-state index is 4.24. The molecular weight excluding hydrogens is 236 g/mol. The van der Waals surface area contributed by atoms with E-state index < -0.39 is 0 Å². The van der Waals surface area contributed by atoms with Gasteiger partial charge in [-0.3, -0.25) is 0 Å². The Balaban J connectivity index is 1.85. The van der Waals surface area contributed by atoms with E-state index in [9.17, 15) is 0 Å². The summed E-state index contributed by atoms with van der Waals surface area (Å²) in [6.07, 6.45) is 12.3. The van der Waals surface area contributed by atoms with E-state index in [1.54, 1.807) is 0 Å². The van der Waals surface area contributed by atoms with Crippen molar-refractivity contribution in [1.82, 2.24) is 19.4 Å². The number of hydrogen-bond donors (Lipinski definition) is 1. The van der Waals surface area contributed by atoms with Gasteiger partial charge in [0.2, 0.25) is 0 Å². The first-order chi connectivity index (χ1) is 9.31. The van der Waals surface area contributed by atoms with Crippen LogP contribution in [0.4, 0.5) is 0 Å². The molecule has 2 aromatic rings. The van der Waals surface area contributed by atoms with Gasteiger partial charge in [-0.1, -0.05) is 0 Å². The summed E-state index contributed by atoms with van der Waals surface area (Å²) in [5, 5.41) is 3.42. The van der Waals surface area contributed by atoms with Crippen LogP contribution in [0.15, 0.2) is 24.9 Å². The Kier molecular flexibility index (Phi) is 3.42. The van der Waals surface area contributed by atoms with Crippen molar-refractivity contribution in [3.8, 4) is 0 Å². The minimum Gasteiger partial charge on any atom is -0.348 e. The van der Waals surface area contributed by atoms with Crippen LogP contribution in [0.3, 0.4) is 0 Å². The number of nitrogens with zero attached hydrogens (tertiary/aromatic N) is 3. The molecule has 2 heterocycles. The minimum absolute atomic E-state index is 0.529. The molecule has 1 aliphatic carbocycles. The van der Waals surface area contributed by atoms with Crippen molar-refractivity contribution in [2.24, 2.45) is 0 Å². The van der Waals surface area contributed by atoms with Gasteiger partial charge in [0.05, 0.1) is 18.6 Å². The Hall–Kier alpha value is -1.55. The standard InChI is InChI=1S/C15H22N4/c1-3-19-11-17-7-13(19)9-18-8-12-5-4-6-15(16-2)14(12)10-18/h7-8,10-11,15-16H,3-6,9H2,1-2H3. The summed E-state index contributed by atoms with van der Waals surface area (Å²) in [6.45, 7) is 4.05. The van der Waals surface area contributed by atoms with Gasteiger partial charge in [-0.15, -0.1) is 0 Å². The van der Waals surface area contributed by atoms with E-state index in [2.05, 4.69) is 45.8 Å². The van der Waals surface area contributed by atoms with Gasteiger partial charge >= 0.3 is 0 Å². The topological polar surface area (TPSA) is 34.8 Å². The van der Waals surface area contributed by atoms with Crippen molar-refractivity contribution < 1.29 is 0 Å². The van der Waals surface area contributed by atoms with E-state index in [-0.39, 0.29) is 0 Å². The predicted molar refractivity (Wildman–Crippen MR) is 76.2 cm³/mol. The zero-order valence-corrected chi connectivity index (χ0v) is 11.8. The summed E-state index contributed by atoms with van der Waals surface area (Å²) < 4.78 is 4.51. The van der Waals surface area contributed by atoms with Crippen LogP contribution in [0, 0.1) is 0 Å². The van der Waals surface area contributed by atoms with Crippen molar-refractivity contribution in [3.63, 3.8) is 0 Å². The molecule has 4 heteroatoms. The molecule has 4 nitrogen and oxygen atoms in total. The molecule has 0 aromatic carbocycles. The van der Waals surface area contributed by atoms with Crippen molar-refractivity contribution in [1.29, 1.82) is 0 Å². The second-order valence-corrected chi connectivity index (χ2v) is 5.32. The summed E-state index contributed by atoms with van der Waals surface area (Å²) in [5.41, 5.74) is 4.26. The van der Waals surface area contributed by atoms with Gasteiger partial charge in [-0.25, -0.2) is 4.98 Å². The van der Waals surface area contributed by atoms with E-state index in [0.29, 0.717) is 6.04 Å². The Morgan fingerprint density at radius 1 is 1.42 bits per heavy atom. The molecule has 1 aliphatic rings. The Labute approximate surface area is 114 Å². The highest BCUT2D eigenvalue weighted by Crippen LogP contribution is 2.30. The Morgan fingerprint density at radius 2 is 2.32 bits per heavy atom. The van der Waals surface area contributed by atoms with E-state index in [1.165, 1.54) is 36.1 Å². The molecule has 0 radical (unpaired) electrons. The lowest BCUT2D eigenvalue weighted by atomic mass is 9.91. The summed E-state index contributed by atoms with van der Waals surface area (Å²) in [7, 11) is 2.06. The van der Waals surface area contributed by atoms with Gasteiger partial charge < -0.3 is 14.5 Å². The number of nitrogens with one attached hydrogen (secondary N) is 1. The molecule has 1 atom stereocenters. The van der Waals surface area contributed by atoms with Crippen LogP contribution < -0.4 is 5.32 Å². The van der Waals surface area contributed by atoms with Gasteiger partial charge in [0.15, 0.2) is 0 Å². The molecule has 1 N–H and O–H groups in total. The van der Waals surface area contributed by atoms with Crippen LogP contribution in [0.1, 0.15) is 42.6 Å². The summed E-state index contributed by atoms with van der Waals surface area (Å²) >= 11 is 0. The molecular formula is C15H22N4. The molecule has 0 saturated carbocycles. The number of imidazole rings is 1.